The first-order valence-electron chi connectivity index (χ1n) is 5.01. The Morgan fingerprint density at radius 1 is 1.29 bits per heavy atom. The van der Waals surface area contributed by atoms with Crippen molar-refractivity contribution < 1.29 is 4.74 Å². The predicted molar refractivity (Wildman–Crippen MR) is 65.2 cm³/mol. The van der Waals surface area contributed by atoms with Crippen LogP contribution in [0.4, 0.5) is 0 Å². The molecule has 0 aliphatic heterocycles. The Morgan fingerprint density at radius 2 is 2.18 bits per heavy atom. The highest BCUT2D eigenvalue weighted by Gasteiger charge is 2.10. The fourth-order valence-electron chi connectivity index (χ4n) is 1.67. The molecule has 3 aromatic rings. The molecule has 1 aromatic carbocycles. The topological polar surface area (TPSA) is 66.6 Å². The number of nitrogens with one attached hydrogen (secondary N) is 2. The number of H-pyrrole nitrogens is 2. The Bertz CT molecular complexity index is 659. The van der Waals surface area contributed by atoms with Gasteiger partial charge in [0.05, 0.1) is 23.2 Å². The summed E-state index contributed by atoms with van der Waals surface area (Å²) in [5.74, 6) is 1.97. The van der Waals surface area contributed by atoms with Gasteiger partial charge >= 0.3 is 0 Å². The summed E-state index contributed by atoms with van der Waals surface area (Å²) in [5.41, 5.74) is 1.64. The van der Waals surface area contributed by atoms with Crippen molar-refractivity contribution in [2.75, 3.05) is 7.11 Å². The van der Waals surface area contributed by atoms with Crippen LogP contribution in [0.5, 0.6) is 5.75 Å². The smallest absolute Gasteiger partial charge is 0.174 e. The van der Waals surface area contributed by atoms with E-state index in [9.17, 15) is 0 Å². The van der Waals surface area contributed by atoms with Crippen molar-refractivity contribution in [1.82, 2.24) is 19.9 Å². The van der Waals surface area contributed by atoms with Crippen LogP contribution in [0.25, 0.3) is 22.7 Å². The van der Waals surface area contributed by atoms with Crippen molar-refractivity contribution in [2.24, 2.45) is 0 Å². The summed E-state index contributed by atoms with van der Waals surface area (Å²) in [5, 5.41) is 0.551. The van der Waals surface area contributed by atoms with Gasteiger partial charge in [0.25, 0.3) is 0 Å². The lowest BCUT2D eigenvalue weighted by Gasteiger charge is -2.00. The first-order valence-corrected chi connectivity index (χ1v) is 5.39. The minimum atomic E-state index is 0.551. The zero-order chi connectivity index (χ0) is 11.8. The highest BCUT2D eigenvalue weighted by Crippen LogP contribution is 2.29. The molecular formula is C11H9ClN4O. The maximum atomic E-state index is 6.04. The van der Waals surface area contributed by atoms with Gasteiger partial charge < -0.3 is 14.7 Å². The maximum absolute atomic E-state index is 6.04. The third-order valence-electron chi connectivity index (χ3n) is 2.48. The number of hydrogen-bond donors (Lipinski definition) is 2. The number of fused-ring (bicyclic) bond motifs is 1. The molecule has 0 saturated carbocycles. The third kappa shape index (κ3) is 1.64. The van der Waals surface area contributed by atoms with Crippen LogP contribution in [0.1, 0.15) is 0 Å². The number of nitrogens with zero attached hydrogens (tertiary/aromatic N) is 2. The van der Waals surface area contributed by atoms with Gasteiger partial charge in [-0.1, -0.05) is 11.6 Å². The molecule has 2 aromatic heterocycles. The number of hydrogen-bond acceptors (Lipinski definition) is 3. The van der Waals surface area contributed by atoms with Crippen LogP contribution in [0, 0.1) is 0 Å². The van der Waals surface area contributed by atoms with Gasteiger partial charge in [-0.2, -0.15) is 0 Å². The van der Waals surface area contributed by atoms with E-state index in [2.05, 4.69) is 19.9 Å². The largest absolute Gasteiger partial charge is 0.495 e. The molecule has 3 rings (SSSR count). The van der Waals surface area contributed by atoms with Crippen LogP contribution >= 0.6 is 11.6 Å². The molecule has 17 heavy (non-hydrogen) atoms. The molecule has 0 saturated heterocycles. The molecule has 0 aliphatic rings. The zero-order valence-electron chi connectivity index (χ0n) is 8.99. The van der Waals surface area contributed by atoms with Crippen LogP contribution in [0.15, 0.2) is 24.5 Å². The van der Waals surface area contributed by atoms with E-state index in [1.54, 1.807) is 31.6 Å². The molecule has 0 amide bonds. The van der Waals surface area contributed by atoms with E-state index in [0.29, 0.717) is 22.4 Å². The lowest BCUT2D eigenvalue weighted by Crippen LogP contribution is -1.83. The standard InChI is InChI=1S/C11H9ClN4O/c1-17-9-5-8-7(4-6(9)12)15-11(16-8)10-13-2-3-14-10/h2-5H,1H3,(H,13,14)(H,15,16). The van der Waals surface area contributed by atoms with Crippen molar-refractivity contribution in [3.63, 3.8) is 0 Å². The quantitative estimate of drug-likeness (QED) is 0.733. The third-order valence-corrected chi connectivity index (χ3v) is 2.77. The van der Waals surface area contributed by atoms with E-state index in [4.69, 9.17) is 16.3 Å². The molecule has 2 N–H and O–H groups in total. The van der Waals surface area contributed by atoms with Crippen LogP contribution in [-0.4, -0.2) is 27.0 Å². The summed E-state index contributed by atoms with van der Waals surface area (Å²) < 4.78 is 5.14. The monoisotopic (exact) mass is 248 g/mol. The van der Waals surface area contributed by atoms with Crippen LogP contribution in [0.3, 0.4) is 0 Å². The summed E-state index contributed by atoms with van der Waals surface area (Å²) in [4.78, 5) is 14.7. The van der Waals surface area contributed by atoms with E-state index in [1.165, 1.54) is 0 Å². The second-order valence-electron chi connectivity index (χ2n) is 3.53. The SMILES string of the molecule is COc1cc2nc(-c3ncc[nH]3)[nH]c2cc1Cl. The Labute approximate surface area is 102 Å². The van der Waals surface area contributed by atoms with Crippen molar-refractivity contribution in [2.45, 2.75) is 0 Å². The molecule has 0 spiro atoms. The van der Waals surface area contributed by atoms with E-state index < -0.39 is 0 Å². The molecule has 6 heteroatoms. The molecule has 2 heterocycles. The summed E-state index contributed by atoms with van der Waals surface area (Å²) in [6, 6.07) is 3.58. The highest BCUT2D eigenvalue weighted by atomic mass is 35.5. The summed E-state index contributed by atoms with van der Waals surface area (Å²) in [7, 11) is 1.58. The predicted octanol–water partition coefficient (Wildman–Crippen LogP) is 2.62. The summed E-state index contributed by atoms with van der Waals surface area (Å²) >= 11 is 6.04. The Balaban J connectivity index is 2.19. The molecule has 86 valence electrons. The molecule has 0 radical (unpaired) electrons. The molecule has 5 nitrogen and oxygen atoms in total. The summed E-state index contributed by atoms with van der Waals surface area (Å²) in [6.07, 6.45) is 3.42. The van der Waals surface area contributed by atoms with Crippen molar-refractivity contribution in [1.29, 1.82) is 0 Å². The van der Waals surface area contributed by atoms with Crippen molar-refractivity contribution in [3.05, 3.63) is 29.5 Å². The van der Waals surface area contributed by atoms with Crippen molar-refractivity contribution >= 4 is 22.6 Å². The number of rotatable bonds is 2. The van der Waals surface area contributed by atoms with Gasteiger partial charge in [-0.15, -0.1) is 0 Å². The van der Waals surface area contributed by atoms with Gasteiger partial charge in [0.1, 0.15) is 5.75 Å². The number of benzene rings is 1. The zero-order valence-corrected chi connectivity index (χ0v) is 9.75. The average molecular weight is 249 g/mol. The highest BCUT2D eigenvalue weighted by molar-refractivity contribution is 6.32. The van der Waals surface area contributed by atoms with E-state index in [1.807, 2.05) is 0 Å². The van der Waals surface area contributed by atoms with Crippen LogP contribution < -0.4 is 4.74 Å². The number of methoxy groups -OCH3 is 1. The normalized spacial score (nSPS) is 10.9. The fourth-order valence-corrected chi connectivity index (χ4v) is 1.92. The van der Waals surface area contributed by atoms with Gasteiger partial charge in [-0.25, -0.2) is 9.97 Å². The lowest BCUT2D eigenvalue weighted by molar-refractivity contribution is 0.415. The van der Waals surface area contributed by atoms with Gasteiger partial charge in [0, 0.05) is 18.5 Å². The number of ether oxygens (including phenoxy) is 1. The Morgan fingerprint density at radius 3 is 2.88 bits per heavy atom. The van der Waals surface area contributed by atoms with Crippen LogP contribution in [-0.2, 0) is 0 Å². The maximum Gasteiger partial charge on any atom is 0.174 e. The van der Waals surface area contributed by atoms with E-state index in [0.717, 1.165) is 11.0 Å². The van der Waals surface area contributed by atoms with Gasteiger partial charge in [0.15, 0.2) is 11.6 Å². The van der Waals surface area contributed by atoms with Gasteiger partial charge in [-0.05, 0) is 6.07 Å². The lowest BCUT2D eigenvalue weighted by atomic mass is 10.3. The van der Waals surface area contributed by atoms with E-state index in [-0.39, 0.29) is 0 Å². The minimum absolute atomic E-state index is 0.551. The van der Waals surface area contributed by atoms with Gasteiger partial charge in [0.2, 0.25) is 0 Å². The van der Waals surface area contributed by atoms with Gasteiger partial charge in [-0.3, -0.25) is 0 Å². The minimum Gasteiger partial charge on any atom is -0.495 e. The first-order chi connectivity index (χ1) is 8.28. The van der Waals surface area contributed by atoms with Crippen LogP contribution in [0.2, 0.25) is 5.02 Å². The second kappa shape index (κ2) is 3.78. The molecule has 0 atom stereocenters. The van der Waals surface area contributed by atoms with E-state index >= 15 is 0 Å². The number of aromatic amines is 2. The summed E-state index contributed by atoms with van der Waals surface area (Å²) in [6.45, 7) is 0. The molecule has 0 aliphatic carbocycles. The number of halogens is 1. The van der Waals surface area contributed by atoms with Crippen molar-refractivity contribution in [3.8, 4) is 17.4 Å². The number of aromatic nitrogens is 4. The molecule has 0 unspecified atom stereocenters. The Kier molecular flexibility index (Phi) is 2.26. The molecule has 0 fully saturated rings. The molecular weight excluding hydrogens is 240 g/mol. The Hall–Kier alpha value is -2.01. The second-order valence-corrected chi connectivity index (χ2v) is 3.93. The fraction of sp³-hybridized carbons (Fsp3) is 0.0909. The number of imidazole rings is 2. The average Bonchev–Trinajstić information content (AvgIpc) is 2.95. The first kappa shape index (κ1) is 10.2. The molecule has 0 bridgehead atoms.